The fourth-order valence-corrected chi connectivity index (χ4v) is 4.28. The van der Waals surface area contributed by atoms with Crippen molar-refractivity contribution < 1.29 is 14.6 Å². The minimum Gasteiger partial charge on any atom is -0.492 e. The van der Waals surface area contributed by atoms with Crippen molar-refractivity contribution in [3.63, 3.8) is 0 Å². The maximum absolute atomic E-state index is 11.5. The van der Waals surface area contributed by atoms with E-state index in [2.05, 4.69) is 45.4 Å². The highest BCUT2D eigenvalue weighted by atomic mass is 32.1. The molecule has 3 heterocycles. The summed E-state index contributed by atoms with van der Waals surface area (Å²) >= 11 is 1.14. The minimum absolute atomic E-state index is 0.172. The number of aromatic carboxylic acids is 1. The summed E-state index contributed by atoms with van der Waals surface area (Å²) in [5, 5.41) is 13.9. The van der Waals surface area contributed by atoms with Gasteiger partial charge < -0.3 is 15.2 Å². The number of pyridine rings is 1. The average Bonchev–Trinajstić information content (AvgIpc) is 3.19. The van der Waals surface area contributed by atoms with Crippen LogP contribution in [0.3, 0.4) is 0 Å². The van der Waals surface area contributed by atoms with Crippen LogP contribution in [0.2, 0.25) is 0 Å². The van der Waals surface area contributed by atoms with Crippen LogP contribution in [0.5, 0.6) is 5.75 Å². The summed E-state index contributed by atoms with van der Waals surface area (Å²) in [7, 11) is 0. The van der Waals surface area contributed by atoms with Gasteiger partial charge in [0.15, 0.2) is 4.88 Å². The highest BCUT2D eigenvalue weighted by Crippen LogP contribution is 2.36. The summed E-state index contributed by atoms with van der Waals surface area (Å²) in [4.78, 5) is 25.4. The molecular weight excluding hydrogens is 412 g/mol. The van der Waals surface area contributed by atoms with E-state index in [9.17, 15) is 9.90 Å². The summed E-state index contributed by atoms with van der Waals surface area (Å²) in [6.07, 6.45) is 4.12. The normalized spacial score (nSPS) is 10.9. The van der Waals surface area contributed by atoms with E-state index in [0.717, 1.165) is 33.5 Å². The van der Waals surface area contributed by atoms with Crippen molar-refractivity contribution in [2.75, 3.05) is 18.5 Å². The lowest BCUT2D eigenvalue weighted by Gasteiger charge is -2.10. The van der Waals surface area contributed by atoms with E-state index in [1.54, 1.807) is 12.3 Å². The number of aryl methyl sites for hydroxylation is 1. The highest BCUT2D eigenvalue weighted by Gasteiger charge is 2.18. The van der Waals surface area contributed by atoms with Gasteiger partial charge >= 0.3 is 5.97 Å². The van der Waals surface area contributed by atoms with E-state index in [1.165, 1.54) is 17.5 Å². The molecular formula is C23H22N4O3S. The Hall–Kier alpha value is -3.52. The minimum atomic E-state index is -1.01. The SMILES string of the molecule is CCOc1cc(-c2cc(NCCc3cc4cccnc4cc3C)ncn2)sc1C(=O)O. The molecule has 158 valence electrons. The number of hydrogen-bond donors (Lipinski definition) is 2. The van der Waals surface area contributed by atoms with E-state index in [0.29, 0.717) is 30.4 Å². The number of carboxylic acids is 1. The maximum atomic E-state index is 11.5. The number of carbonyl (C=O) groups is 1. The summed E-state index contributed by atoms with van der Waals surface area (Å²) in [6, 6.07) is 11.8. The molecule has 8 heteroatoms. The lowest BCUT2D eigenvalue weighted by Crippen LogP contribution is -2.07. The first-order valence-corrected chi connectivity index (χ1v) is 10.8. The Kier molecular flexibility index (Phi) is 6.08. The molecule has 4 rings (SSSR count). The Labute approximate surface area is 183 Å². The maximum Gasteiger partial charge on any atom is 0.349 e. The van der Waals surface area contributed by atoms with Gasteiger partial charge in [0, 0.05) is 30.3 Å². The molecule has 0 bridgehead atoms. The van der Waals surface area contributed by atoms with E-state index < -0.39 is 5.97 Å². The Balaban J connectivity index is 1.48. The number of hydrogen-bond acceptors (Lipinski definition) is 7. The number of aromatic nitrogens is 3. The Morgan fingerprint density at radius 1 is 1.19 bits per heavy atom. The lowest BCUT2D eigenvalue weighted by molar-refractivity contribution is 0.0698. The topological polar surface area (TPSA) is 97.2 Å². The molecule has 4 aromatic rings. The largest absolute Gasteiger partial charge is 0.492 e. The summed E-state index contributed by atoms with van der Waals surface area (Å²) in [5.41, 5.74) is 4.12. The van der Waals surface area contributed by atoms with Crippen LogP contribution in [-0.2, 0) is 6.42 Å². The fraction of sp³-hybridized carbons (Fsp3) is 0.217. The predicted octanol–water partition coefficient (Wildman–Crippen LogP) is 4.81. The quantitative estimate of drug-likeness (QED) is 0.411. The number of nitrogens with zero attached hydrogens (tertiary/aromatic N) is 3. The molecule has 1 aromatic carbocycles. The van der Waals surface area contributed by atoms with E-state index in [1.807, 2.05) is 19.1 Å². The third-order valence-electron chi connectivity index (χ3n) is 4.87. The molecule has 31 heavy (non-hydrogen) atoms. The van der Waals surface area contributed by atoms with Crippen molar-refractivity contribution in [1.82, 2.24) is 15.0 Å². The zero-order chi connectivity index (χ0) is 21.8. The van der Waals surface area contributed by atoms with Crippen molar-refractivity contribution in [2.45, 2.75) is 20.3 Å². The van der Waals surface area contributed by atoms with Gasteiger partial charge in [-0.2, -0.15) is 0 Å². The molecule has 0 aliphatic heterocycles. The molecule has 2 N–H and O–H groups in total. The second-order valence-corrected chi connectivity index (χ2v) is 8.03. The average molecular weight is 435 g/mol. The molecule has 0 radical (unpaired) electrons. The lowest BCUT2D eigenvalue weighted by atomic mass is 10.0. The van der Waals surface area contributed by atoms with Crippen molar-refractivity contribution in [1.29, 1.82) is 0 Å². The molecule has 0 aliphatic rings. The molecule has 0 unspecified atom stereocenters. The number of nitrogens with one attached hydrogen (secondary N) is 1. The molecule has 0 saturated carbocycles. The van der Waals surface area contributed by atoms with Gasteiger partial charge in [0.25, 0.3) is 0 Å². The van der Waals surface area contributed by atoms with Gasteiger partial charge in [-0.3, -0.25) is 4.98 Å². The molecule has 7 nitrogen and oxygen atoms in total. The Morgan fingerprint density at radius 2 is 2.06 bits per heavy atom. The van der Waals surface area contributed by atoms with Gasteiger partial charge in [0.05, 0.1) is 22.7 Å². The van der Waals surface area contributed by atoms with E-state index >= 15 is 0 Å². The first-order valence-electron chi connectivity index (χ1n) is 9.95. The van der Waals surface area contributed by atoms with Crippen LogP contribution in [0.1, 0.15) is 27.7 Å². The standard InChI is InChI=1S/C23H22N4O3S/c1-3-30-19-12-20(31-22(19)23(28)29)18-11-21(27-13-26-18)25-8-6-15-10-16-5-4-7-24-17(16)9-14(15)2/h4-5,7,9-13H,3,6,8H2,1-2H3,(H,28,29)(H,25,26,27). The summed E-state index contributed by atoms with van der Waals surface area (Å²) in [6.45, 7) is 5.03. The van der Waals surface area contributed by atoms with Crippen LogP contribution in [0.4, 0.5) is 5.82 Å². The Bertz CT molecular complexity index is 1240. The number of fused-ring (bicyclic) bond motifs is 1. The molecule has 0 aliphatic carbocycles. The molecule has 0 saturated heterocycles. The van der Waals surface area contributed by atoms with Gasteiger partial charge in [0.2, 0.25) is 0 Å². The van der Waals surface area contributed by atoms with Crippen LogP contribution in [0.25, 0.3) is 21.5 Å². The van der Waals surface area contributed by atoms with Gasteiger partial charge in [-0.1, -0.05) is 6.07 Å². The third kappa shape index (κ3) is 4.64. The highest BCUT2D eigenvalue weighted by molar-refractivity contribution is 7.17. The summed E-state index contributed by atoms with van der Waals surface area (Å²) < 4.78 is 5.45. The number of carboxylic acid groups (broad SMARTS) is 1. The van der Waals surface area contributed by atoms with Crippen LogP contribution in [-0.4, -0.2) is 39.2 Å². The zero-order valence-electron chi connectivity index (χ0n) is 17.3. The summed E-state index contributed by atoms with van der Waals surface area (Å²) in [5.74, 6) is 0.0470. The Morgan fingerprint density at radius 3 is 2.87 bits per heavy atom. The second-order valence-electron chi connectivity index (χ2n) is 6.98. The zero-order valence-corrected chi connectivity index (χ0v) is 18.1. The number of rotatable bonds is 8. The molecule has 0 spiro atoms. The van der Waals surface area contributed by atoms with Crippen LogP contribution in [0, 0.1) is 6.92 Å². The smallest absolute Gasteiger partial charge is 0.349 e. The van der Waals surface area contributed by atoms with Gasteiger partial charge in [0.1, 0.15) is 17.9 Å². The number of ether oxygens (including phenoxy) is 1. The number of benzene rings is 1. The molecule has 0 amide bonds. The van der Waals surface area contributed by atoms with Crippen molar-refractivity contribution in [2.24, 2.45) is 0 Å². The predicted molar refractivity (Wildman–Crippen MR) is 122 cm³/mol. The van der Waals surface area contributed by atoms with Gasteiger partial charge in [-0.05, 0) is 49.6 Å². The first kappa shape index (κ1) is 20.7. The van der Waals surface area contributed by atoms with Crippen molar-refractivity contribution in [3.05, 3.63) is 64.9 Å². The second kappa shape index (κ2) is 9.09. The van der Waals surface area contributed by atoms with Crippen LogP contribution < -0.4 is 10.1 Å². The monoisotopic (exact) mass is 434 g/mol. The fourth-order valence-electron chi connectivity index (χ4n) is 3.37. The number of anilines is 1. The van der Waals surface area contributed by atoms with Gasteiger partial charge in [-0.25, -0.2) is 14.8 Å². The van der Waals surface area contributed by atoms with Crippen LogP contribution in [0.15, 0.2) is 48.9 Å². The molecule has 0 atom stereocenters. The van der Waals surface area contributed by atoms with E-state index in [-0.39, 0.29) is 4.88 Å². The van der Waals surface area contributed by atoms with E-state index in [4.69, 9.17) is 4.74 Å². The first-order chi connectivity index (χ1) is 15.0. The molecule has 0 fully saturated rings. The third-order valence-corrected chi connectivity index (χ3v) is 6.00. The van der Waals surface area contributed by atoms with Gasteiger partial charge in [-0.15, -0.1) is 11.3 Å². The van der Waals surface area contributed by atoms with Crippen molar-refractivity contribution >= 4 is 34.0 Å². The van der Waals surface area contributed by atoms with Crippen LogP contribution >= 0.6 is 11.3 Å². The van der Waals surface area contributed by atoms with Crippen molar-refractivity contribution in [3.8, 4) is 16.3 Å². The molecule has 3 aromatic heterocycles. The number of thiophene rings is 1.